The summed E-state index contributed by atoms with van der Waals surface area (Å²) in [6.45, 7) is 0. The number of H-pyrrole nitrogens is 1. The van der Waals surface area contributed by atoms with Crippen molar-refractivity contribution in [2.24, 2.45) is 5.18 Å². The van der Waals surface area contributed by atoms with Gasteiger partial charge in [-0.1, -0.05) is 0 Å². The van der Waals surface area contributed by atoms with E-state index in [0.717, 1.165) is 11.8 Å². The zero-order chi connectivity index (χ0) is 10.0. The summed E-state index contributed by atoms with van der Waals surface area (Å²) in [6, 6.07) is 0. The lowest BCUT2D eigenvalue weighted by atomic mass is 10.3. The van der Waals surface area contributed by atoms with E-state index in [1.54, 1.807) is 6.26 Å². The number of hydrogen-bond donors (Lipinski definition) is 3. The number of aromatic hydroxyl groups is 1. The molecule has 0 bridgehead atoms. The Hall–Kier alpha value is -1.50. The average molecular weight is 202 g/mol. The molecule has 0 fully saturated rings. The first-order chi connectivity index (χ1) is 6.11. The number of aromatic amines is 1. The van der Waals surface area contributed by atoms with Gasteiger partial charge in [0.2, 0.25) is 5.88 Å². The van der Waals surface area contributed by atoms with Gasteiger partial charge in [0.25, 0.3) is 0 Å². The van der Waals surface area contributed by atoms with Crippen LogP contribution in [0.4, 0.5) is 5.82 Å². The molecule has 1 aromatic rings. The van der Waals surface area contributed by atoms with Gasteiger partial charge in [-0.05, 0) is 11.4 Å². The van der Waals surface area contributed by atoms with Crippen molar-refractivity contribution in [3.63, 3.8) is 0 Å². The first-order valence-corrected chi connectivity index (χ1v) is 4.39. The van der Waals surface area contributed by atoms with E-state index in [1.165, 1.54) is 0 Å². The van der Waals surface area contributed by atoms with Crippen LogP contribution in [0.15, 0.2) is 10.1 Å². The van der Waals surface area contributed by atoms with Gasteiger partial charge in [-0.15, -0.1) is 16.7 Å². The topological polar surface area (TPSA) is 103 Å². The highest BCUT2D eigenvalue weighted by Gasteiger charge is 2.22. The Balaban J connectivity index is 3.39. The molecule has 7 heteroatoms. The zero-order valence-electron chi connectivity index (χ0n) is 6.57. The highest BCUT2D eigenvalue weighted by atomic mass is 32.2. The molecule has 0 spiro atoms. The fourth-order valence-electron chi connectivity index (χ4n) is 0.919. The number of carboxylic acid groups (broad SMARTS) is 1. The van der Waals surface area contributed by atoms with Crippen molar-refractivity contribution in [1.82, 2.24) is 4.98 Å². The van der Waals surface area contributed by atoms with Crippen molar-refractivity contribution in [2.75, 3.05) is 6.26 Å². The van der Waals surface area contributed by atoms with Gasteiger partial charge in [0.1, 0.15) is 5.56 Å². The minimum absolute atomic E-state index is 0.139. The Labute approximate surface area is 76.9 Å². The van der Waals surface area contributed by atoms with Crippen LogP contribution in [0.1, 0.15) is 10.4 Å². The molecule has 0 saturated carbocycles. The summed E-state index contributed by atoms with van der Waals surface area (Å²) in [5.41, 5.74) is -0.317. The minimum atomic E-state index is -1.30. The predicted molar refractivity (Wildman–Crippen MR) is 46.7 cm³/mol. The molecular weight excluding hydrogens is 196 g/mol. The third-order valence-corrected chi connectivity index (χ3v) is 2.23. The van der Waals surface area contributed by atoms with Gasteiger partial charge in [-0.25, -0.2) is 4.79 Å². The molecule has 0 unspecified atom stereocenters. The van der Waals surface area contributed by atoms with E-state index in [9.17, 15) is 9.70 Å². The maximum absolute atomic E-state index is 10.6. The van der Waals surface area contributed by atoms with E-state index in [0.29, 0.717) is 0 Å². The molecule has 1 rings (SSSR count). The van der Waals surface area contributed by atoms with Gasteiger partial charge in [0.05, 0.1) is 4.90 Å². The Kier molecular flexibility index (Phi) is 2.57. The summed E-state index contributed by atoms with van der Waals surface area (Å²) in [4.78, 5) is 23.1. The van der Waals surface area contributed by atoms with Crippen molar-refractivity contribution < 1.29 is 15.0 Å². The molecule has 3 N–H and O–H groups in total. The van der Waals surface area contributed by atoms with Gasteiger partial charge in [-0.2, -0.15) is 0 Å². The number of aromatic carboxylic acids is 1. The van der Waals surface area contributed by atoms with Crippen LogP contribution in [-0.2, 0) is 0 Å². The second kappa shape index (κ2) is 3.48. The number of carbonyl (C=O) groups is 1. The molecule has 0 saturated heterocycles. The summed E-state index contributed by atoms with van der Waals surface area (Å²) in [5, 5.41) is 20.3. The molecule has 0 aliphatic rings. The first-order valence-electron chi connectivity index (χ1n) is 3.17. The van der Waals surface area contributed by atoms with Crippen LogP contribution in [0.2, 0.25) is 0 Å². The lowest BCUT2D eigenvalue weighted by molar-refractivity contribution is 0.0690. The number of nitroso groups, excluding NO2 is 1. The van der Waals surface area contributed by atoms with Gasteiger partial charge < -0.3 is 15.2 Å². The molecule has 6 nitrogen and oxygen atoms in total. The number of nitrogens with zero attached hydrogens (tertiary/aromatic N) is 1. The Morgan fingerprint density at radius 1 is 1.62 bits per heavy atom. The summed E-state index contributed by atoms with van der Waals surface area (Å²) in [6.07, 6.45) is 1.59. The quantitative estimate of drug-likeness (QED) is 0.509. The number of nitrogens with one attached hydrogen (secondary N) is 1. The van der Waals surface area contributed by atoms with Crippen LogP contribution in [0.3, 0.4) is 0 Å². The van der Waals surface area contributed by atoms with Crippen LogP contribution < -0.4 is 0 Å². The fraction of sp³-hybridized carbons (Fsp3) is 0.167. The molecule has 0 aromatic carbocycles. The van der Waals surface area contributed by atoms with Gasteiger partial charge >= 0.3 is 5.97 Å². The van der Waals surface area contributed by atoms with Crippen LogP contribution in [0, 0.1) is 4.91 Å². The van der Waals surface area contributed by atoms with Crippen molar-refractivity contribution in [3.05, 3.63) is 10.5 Å². The van der Waals surface area contributed by atoms with Gasteiger partial charge in [-0.3, -0.25) is 0 Å². The summed E-state index contributed by atoms with van der Waals surface area (Å²) in [5.74, 6) is -2.01. The van der Waals surface area contributed by atoms with Crippen molar-refractivity contribution in [1.29, 1.82) is 0 Å². The van der Waals surface area contributed by atoms with Crippen LogP contribution in [-0.4, -0.2) is 27.4 Å². The summed E-state index contributed by atoms with van der Waals surface area (Å²) >= 11 is 1.03. The largest absolute Gasteiger partial charge is 0.494 e. The smallest absolute Gasteiger partial charge is 0.342 e. The lowest BCUT2D eigenvalue weighted by Crippen LogP contribution is -1.95. The molecule has 0 amide bonds. The molecule has 0 radical (unpaired) electrons. The highest BCUT2D eigenvalue weighted by Crippen LogP contribution is 2.36. The Morgan fingerprint density at radius 2 is 2.23 bits per heavy atom. The molecule has 70 valence electrons. The van der Waals surface area contributed by atoms with E-state index >= 15 is 0 Å². The fourth-order valence-corrected chi connectivity index (χ4v) is 1.59. The van der Waals surface area contributed by atoms with Crippen molar-refractivity contribution in [2.45, 2.75) is 4.90 Å². The van der Waals surface area contributed by atoms with E-state index in [1.807, 2.05) is 0 Å². The van der Waals surface area contributed by atoms with E-state index in [4.69, 9.17) is 10.2 Å². The molecule has 0 aliphatic carbocycles. The monoisotopic (exact) mass is 202 g/mol. The zero-order valence-corrected chi connectivity index (χ0v) is 7.38. The standard InChI is InChI=1S/C6H6N2O4S/c1-13-3-2(6(10)11)5(9)7-4(3)8-12/h7,9H,1H3,(H,10,11). The number of hydrogen-bond acceptors (Lipinski definition) is 5. The Bertz CT molecular complexity index is 360. The maximum Gasteiger partial charge on any atom is 0.342 e. The van der Waals surface area contributed by atoms with Crippen LogP contribution in [0.25, 0.3) is 0 Å². The molecule has 1 heterocycles. The van der Waals surface area contributed by atoms with E-state index in [2.05, 4.69) is 10.2 Å². The normalized spacial score (nSPS) is 9.92. The number of aromatic nitrogens is 1. The maximum atomic E-state index is 10.6. The second-order valence-electron chi connectivity index (χ2n) is 2.13. The first kappa shape index (κ1) is 9.59. The highest BCUT2D eigenvalue weighted by molar-refractivity contribution is 7.98. The average Bonchev–Trinajstić information content (AvgIpc) is 2.41. The van der Waals surface area contributed by atoms with Crippen LogP contribution >= 0.6 is 11.8 Å². The summed E-state index contributed by atoms with van der Waals surface area (Å²) < 4.78 is 0. The Morgan fingerprint density at radius 3 is 2.62 bits per heavy atom. The van der Waals surface area contributed by atoms with E-state index in [-0.39, 0.29) is 16.3 Å². The van der Waals surface area contributed by atoms with Crippen LogP contribution in [0.5, 0.6) is 5.88 Å². The second-order valence-corrected chi connectivity index (χ2v) is 2.94. The lowest BCUT2D eigenvalue weighted by Gasteiger charge is -1.93. The van der Waals surface area contributed by atoms with Gasteiger partial charge in [0, 0.05) is 0 Å². The van der Waals surface area contributed by atoms with Crippen molar-refractivity contribution in [3.8, 4) is 5.88 Å². The number of thioether (sulfide) groups is 1. The van der Waals surface area contributed by atoms with E-state index < -0.39 is 11.8 Å². The molecule has 0 atom stereocenters. The van der Waals surface area contributed by atoms with Crippen molar-refractivity contribution >= 4 is 23.5 Å². The molecular formula is C6H6N2O4S. The van der Waals surface area contributed by atoms with Gasteiger partial charge in [0.15, 0.2) is 5.82 Å². The SMILES string of the molecule is CSc1c(N=O)[nH]c(O)c1C(=O)O. The molecule has 1 aromatic heterocycles. The third-order valence-electron chi connectivity index (χ3n) is 1.43. The predicted octanol–water partition coefficient (Wildman–Crippen LogP) is 1.54. The molecule has 13 heavy (non-hydrogen) atoms. The minimum Gasteiger partial charge on any atom is -0.494 e. The summed E-state index contributed by atoms with van der Waals surface area (Å²) in [7, 11) is 0. The third kappa shape index (κ3) is 1.50. The number of rotatable bonds is 3. The number of carboxylic acids is 1. The molecule has 0 aliphatic heterocycles.